The number of rotatable bonds is 6. The molecule has 0 bridgehead atoms. The number of amides is 1. The second kappa shape index (κ2) is 8.42. The van der Waals surface area contributed by atoms with Gasteiger partial charge >= 0.3 is 0 Å². The molecule has 1 heterocycles. The summed E-state index contributed by atoms with van der Waals surface area (Å²) in [5.74, 6) is 0.533. The van der Waals surface area contributed by atoms with Crippen molar-refractivity contribution in [3.63, 3.8) is 0 Å². The normalized spacial score (nSPS) is 11.3. The zero-order valence-corrected chi connectivity index (χ0v) is 15.7. The molecular weight excluding hydrogens is 338 g/mol. The Morgan fingerprint density at radius 3 is 2.74 bits per heavy atom. The van der Waals surface area contributed by atoms with E-state index in [1.54, 1.807) is 0 Å². The van der Waals surface area contributed by atoms with Gasteiger partial charge in [-0.2, -0.15) is 0 Å². The molecule has 3 aromatic rings. The van der Waals surface area contributed by atoms with Crippen molar-refractivity contribution in [1.82, 2.24) is 14.9 Å². The van der Waals surface area contributed by atoms with E-state index >= 15 is 0 Å². The molecular formula is C21H23N5O. The van der Waals surface area contributed by atoms with Crippen molar-refractivity contribution >= 4 is 34.0 Å². The highest BCUT2D eigenvalue weighted by Crippen LogP contribution is 2.26. The standard InChI is InChI=1S/C21H23N5O/c1-15-6-4-7-16(12-15)25-21-18-13-17(9-10-19(18)22-14-23-21)24-20(27)8-5-11-26(2)3/h4-10,12-14H,11H2,1-3H3,(H,24,27)(H,22,23,25)/b8-5+. The number of hydrogen-bond donors (Lipinski definition) is 2. The predicted octanol–water partition coefficient (Wildman–Crippen LogP) is 3.74. The van der Waals surface area contributed by atoms with Gasteiger partial charge in [-0.05, 0) is 56.9 Å². The molecule has 1 aromatic heterocycles. The zero-order valence-electron chi connectivity index (χ0n) is 15.7. The van der Waals surface area contributed by atoms with E-state index < -0.39 is 0 Å². The zero-order chi connectivity index (χ0) is 19.2. The van der Waals surface area contributed by atoms with Crippen LogP contribution in [-0.2, 0) is 4.79 Å². The van der Waals surface area contributed by atoms with Gasteiger partial charge in [0, 0.05) is 29.4 Å². The van der Waals surface area contributed by atoms with E-state index in [1.165, 1.54) is 12.4 Å². The van der Waals surface area contributed by atoms with Crippen LogP contribution in [0.1, 0.15) is 5.56 Å². The molecule has 0 unspecified atom stereocenters. The van der Waals surface area contributed by atoms with Crippen molar-refractivity contribution in [2.75, 3.05) is 31.3 Å². The molecule has 0 spiro atoms. The number of carbonyl (C=O) groups is 1. The molecule has 0 radical (unpaired) electrons. The molecule has 0 atom stereocenters. The second-order valence-electron chi connectivity index (χ2n) is 6.60. The highest BCUT2D eigenvalue weighted by atomic mass is 16.1. The monoisotopic (exact) mass is 361 g/mol. The van der Waals surface area contributed by atoms with Crippen LogP contribution >= 0.6 is 0 Å². The Hall–Kier alpha value is -3.25. The molecule has 0 saturated carbocycles. The fourth-order valence-corrected chi connectivity index (χ4v) is 2.65. The van der Waals surface area contributed by atoms with Gasteiger partial charge in [-0.15, -0.1) is 0 Å². The van der Waals surface area contributed by atoms with Gasteiger partial charge in [-0.25, -0.2) is 9.97 Å². The maximum atomic E-state index is 12.1. The minimum Gasteiger partial charge on any atom is -0.340 e. The van der Waals surface area contributed by atoms with E-state index in [0.717, 1.165) is 22.2 Å². The number of aromatic nitrogens is 2. The number of fused-ring (bicyclic) bond motifs is 1. The van der Waals surface area contributed by atoms with Gasteiger partial charge in [0.05, 0.1) is 5.52 Å². The summed E-state index contributed by atoms with van der Waals surface area (Å²) >= 11 is 0. The van der Waals surface area contributed by atoms with Crippen LogP contribution in [0.15, 0.2) is 60.9 Å². The van der Waals surface area contributed by atoms with E-state index in [4.69, 9.17) is 0 Å². The molecule has 0 aliphatic carbocycles. The van der Waals surface area contributed by atoms with Gasteiger partial charge in [0.2, 0.25) is 5.91 Å². The smallest absolute Gasteiger partial charge is 0.248 e. The molecule has 3 rings (SSSR count). The Bertz CT molecular complexity index is 981. The van der Waals surface area contributed by atoms with E-state index in [-0.39, 0.29) is 5.91 Å². The molecule has 2 aromatic carbocycles. The van der Waals surface area contributed by atoms with Crippen LogP contribution in [0.5, 0.6) is 0 Å². The number of aryl methyl sites for hydroxylation is 1. The highest BCUT2D eigenvalue weighted by molar-refractivity contribution is 6.01. The summed E-state index contributed by atoms with van der Waals surface area (Å²) < 4.78 is 0. The van der Waals surface area contributed by atoms with Crippen molar-refractivity contribution in [3.05, 3.63) is 66.5 Å². The SMILES string of the molecule is Cc1cccc(Nc2ncnc3ccc(NC(=O)/C=C/CN(C)C)cc23)c1. The van der Waals surface area contributed by atoms with Gasteiger partial charge in [0.15, 0.2) is 0 Å². The highest BCUT2D eigenvalue weighted by Gasteiger charge is 2.07. The summed E-state index contributed by atoms with van der Waals surface area (Å²) in [6, 6.07) is 13.7. The first kappa shape index (κ1) is 18.5. The molecule has 2 N–H and O–H groups in total. The van der Waals surface area contributed by atoms with Gasteiger partial charge in [-0.3, -0.25) is 4.79 Å². The lowest BCUT2D eigenvalue weighted by Crippen LogP contribution is -2.12. The van der Waals surface area contributed by atoms with Crippen LogP contribution in [0.2, 0.25) is 0 Å². The van der Waals surface area contributed by atoms with Gasteiger partial charge in [0.1, 0.15) is 12.1 Å². The third-order valence-corrected chi connectivity index (χ3v) is 3.92. The predicted molar refractivity (Wildman–Crippen MR) is 110 cm³/mol. The van der Waals surface area contributed by atoms with E-state index in [1.807, 2.05) is 68.4 Å². The van der Waals surface area contributed by atoms with E-state index in [2.05, 4.69) is 26.7 Å². The number of nitrogens with one attached hydrogen (secondary N) is 2. The Morgan fingerprint density at radius 2 is 1.96 bits per heavy atom. The van der Waals surface area contributed by atoms with Crippen LogP contribution in [0, 0.1) is 6.92 Å². The lowest BCUT2D eigenvalue weighted by atomic mass is 10.2. The second-order valence-corrected chi connectivity index (χ2v) is 6.60. The molecule has 0 aliphatic heterocycles. The molecule has 1 amide bonds. The number of carbonyl (C=O) groups excluding carboxylic acids is 1. The average Bonchev–Trinajstić information content (AvgIpc) is 2.62. The number of benzene rings is 2. The van der Waals surface area contributed by atoms with Crippen molar-refractivity contribution < 1.29 is 4.79 Å². The first-order valence-corrected chi connectivity index (χ1v) is 8.72. The lowest BCUT2D eigenvalue weighted by Gasteiger charge is -2.10. The fourth-order valence-electron chi connectivity index (χ4n) is 2.65. The summed E-state index contributed by atoms with van der Waals surface area (Å²) in [5, 5.41) is 7.05. The minimum absolute atomic E-state index is 0.166. The largest absolute Gasteiger partial charge is 0.340 e. The summed E-state index contributed by atoms with van der Waals surface area (Å²) in [6.07, 6.45) is 4.89. The number of nitrogens with zero attached hydrogens (tertiary/aromatic N) is 3. The van der Waals surface area contributed by atoms with Crippen LogP contribution in [-0.4, -0.2) is 41.4 Å². The lowest BCUT2D eigenvalue weighted by molar-refractivity contribution is -0.111. The van der Waals surface area contributed by atoms with Crippen LogP contribution in [0.3, 0.4) is 0 Å². The Balaban J connectivity index is 1.83. The third-order valence-electron chi connectivity index (χ3n) is 3.92. The van der Waals surface area contributed by atoms with Crippen molar-refractivity contribution in [2.24, 2.45) is 0 Å². The van der Waals surface area contributed by atoms with Crippen LogP contribution < -0.4 is 10.6 Å². The van der Waals surface area contributed by atoms with Gasteiger partial charge in [0.25, 0.3) is 0 Å². The van der Waals surface area contributed by atoms with Crippen LogP contribution in [0.4, 0.5) is 17.2 Å². The Kier molecular flexibility index (Phi) is 5.78. The van der Waals surface area contributed by atoms with Crippen LogP contribution in [0.25, 0.3) is 10.9 Å². The Labute approximate surface area is 158 Å². The topological polar surface area (TPSA) is 70.1 Å². The molecule has 0 saturated heterocycles. The third kappa shape index (κ3) is 5.12. The molecule has 6 heteroatoms. The maximum absolute atomic E-state index is 12.1. The Morgan fingerprint density at radius 1 is 1.11 bits per heavy atom. The average molecular weight is 361 g/mol. The molecule has 138 valence electrons. The minimum atomic E-state index is -0.166. The van der Waals surface area contributed by atoms with Crippen molar-refractivity contribution in [3.8, 4) is 0 Å². The number of likely N-dealkylation sites (N-methyl/N-ethyl adjacent to an activating group) is 1. The maximum Gasteiger partial charge on any atom is 0.248 e. The molecule has 0 fully saturated rings. The van der Waals surface area contributed by atoms with Crippen molar-refractivity contribution in [1.29, 1.82) is 0 Å². The quantitative estimate of drug-likeness (QED) is 0.655. The summed E-state index contributed by atoms with van der Waals surface area (Å²) in [6.45, 7) is 2.75. The molecule has 0 aliphatic rings. The van der Waals surface area contributed by atoms with Gasteiger partial charge < -0.3 is 15.5 Å². The number of hydrogen-bond acceptors (Lipinski definition) is 5. The summed E-state index contributed by atoms with van der Waals surface area (Å²) in [4.78, 5) is 22.7. The van der Waals surface area contributed by atoms with E-state index in [9.17, 15) is 4.79 Å². The molecule has 27 heavy (non-hydrogen) atoms. The van der Waals surface area contributed by atoms with Crippen molar-refractivity contribution in [2.45, 2.75) is 6.92 Å². The van der Waals surface area contributed by atoms with Gasteiger partial charge in [-0.1, -0.05) is 18.2 Å². The first-order chi connectivity index (χ1) is 13.0. The summed E-state index contributed by atoms with van der Waals surface area (Å²) in [5.41, 5.74) is 3.62. The van der Waals surface area contributed by atoms with E-state index in [0.29, 0.717) is 18.1 Å². The summed E-state index contributed by atoms with van der Waals surface area (Å²) in [7, 11) is 3.91. The number of anilines is 3. The fraction of sp³-hybridized carbons (Fsp3) is 0.190. The first-order valence-electron chi connectivity index (χ1n) is 8.72. The molecule has 6 nitrogen and oxygen atoms in total.